The number of hydrogen-bond acceptors (Lipinski definition) is 3. The summed E-state index contributed by atoms with van der Waals surface area (Å²) in [5.41, 5.74) is 0.0249. The van der Waals surface area contributed by atoms with Crippen LogP contribution in [0.4, 0.5) is 14.9 Å². The molecular weight excluding hydrogens is 291 g/mol. The number of carbonyl (C=O) groups is 1. The lowest BCUT2D eigenvalue weighted by atomic mass is 10.2. The first-order valence-electron chi connectivity index (χ1n) is 5.69. The second-order valence-corrected chi connectivity index (χ2v) is 5.18. The lowest BCUT2D eigenvalue weighted by Gasteiger charge is -2.17. The summed E-state index contributed by atoms with van der Waals surface area (Å²) in [5.74, 6) is 0.00864. The zero-order valence-electron chi connectivity index (χ0n) is 10.5. The average molecular weight is 307 g/mol. The number of anilines is 1. The van der Waals surface area contributed by atoms with Gasteiger partial charge in [0, 0.05) is 18.4 Å². The molecule has 0 aromatic heterocycles. The molecule has 7 heteroatoms. The quantitative estimate of drug-likeness (QED) is 0.757. The maximum atomic E-state index is 13.6. The van der Waals surface area contributed by atoms with Gasteiger partial charge in [0.1, 0.15) is 0 Å². The van der Waals surface area contributed by atoms with Crippen molar-refractivity contribution >= 4 is 35.1 Å². The summed E-state index contributed by atoms with van der Waals surface area (Å²) in [7, 11) is 0. The highest BCUT2D eigenvalue weighted by Crippen LogP contribution is 2.21. The van der Waals surface area contributed by atoms with Crippen LogP contribution in [0.2, 0.25) is 5.02 Å². The van der Waals surface area contributed by atoms with Gasteiger partial charge in [-0.1, -0.05) is 17.7 Å². The van der Waals surface area contributed by atoms with E-state index in [0.717, 1.165) is 0 Å². The van der Waals surface area contributed by atoms with Crippen LogP contribution in [0.25, 0.3) is 0 Å². The fourth-order valence-corrected chi connectivity index (χ4v) is 2.33. The van der Waals surface area contributed by atoms with E-state index in [1.807, 2.05) is 6.26 Å². The van der Waals surface area contributed by atoms with E-state index >= 15 is 0 Å². The first-order chi connectivity index (χ1) is 9.08. The molecule has 0 spiro atoms. The van der Waals surface area contributed by atoms with Crippen molar-refractivity contribution in [3.63, 3.8) is 0 Å². The van der Waals surface area contributed by atoms with Gasteiger partial charge in [-0.05, 0) is 24.8 Å². The normalized spacial score (nSPS) is 12.0. The molecule has 0 radical (unpaired) electrons. The fourth-order valence-electron chi connectivity index (χ4n) is 1.50. The fraction of sp³-hybridized carbons (Fsp3) is 0.417. The first kappa shape index (κ1) is 16.1. The summed E-state index contributed by atoms with van der Waals surface area (Å²) in [6.45, 7) is -0.0168. The van der Waals surface area contributed by atoms with Gasteiger partial charge in [-0.2, -0.15) is 11.8 Å². The van der Waals surface area contributed by atoms with Gasteiger partial charge in [0.05, 0.1) is 10.7 Å². The Morgan fingerprint density at radius 2 is 2.32 bits per heavy atom. The summed E-state index contributed by atoms with van der Waals surface area (Å²) >= 11 is 7.17. The van der Waals surface area contributed by atoms with E-state index in [4.69, 9.17) is 16.7 Å². The second-order valence-electron chi connectivity index (χ2n) is 3.86. The van der Waals surface area contributed by atoms with Gasteiger partial charge >= 0.3 is 6.03 Å². The topological polar surface area (TPSA) is 61.4 Å². The Morgan fingerprint density at radius 3 is 2.95 bits per heavy atom. The highest BCUT2D eigenvalue weighted by atomic mass is 35.5. The molecule has 0 saturated heterocycles. The third-order valence-electron chi connectivity index (χ3n) is 2.38. The Kier molecular flexibility index (Phi) is 6.97. The molecule has 2 amide bonds. The summed E-state index contributed by atoms with van der Waals surface area (Å²) in [6.07, 6.45) is 2.35. The molecule has 19 heavy (non-hydrogen) atoms. The first-order valence-corrected chi connectivity index (χ1v) is 7.47. The molecule has 0 heterocycles. The van der Waals surface area contributed by atoms with Crippen LogP contribution in [0.3, 0.4) is 0 Å². The van der Waals surface area contributed by atoms with Gasteiger partial charge in [-0.15, -0.1) is 0 Å². The Morgan fingerprint density at radius 1 is 1.58 bits per heavy atom. The van der Waals surface area contributed by atoms with Crippen LogP contribution in [-0.4, -0.2) is 35.8 Å². The third-order valence-corrected chi connectivity index (χ3v) is 3.41. The molecule has 1 aromatic rings. The van der Waals surface area contributed by atoms with Crippen molar-refractivity contribution in [3.05, 3.63) is 29.0 Å². The Hall–Kier alpha value is -0.980. The van der Waals surface area contributed by atoms with E-state index in [1.54, 1.807) is 17.8 Å². The van der Waals surface area contributed by atoms with Gasteiger partial charge in [0.25, 0.3) is 0 Å². The second kappa shape index (κ2) is 8.24. The van der Waals surface area contributed by atoms with E-state index in [2.05, 4.69) is 10.6 Å². The minimum Gasteiger partial charge on any atom is -0.396 e. The standard InChI is InChI=1S/C12H16ClFN2O2S/c1-19-7-8(5-6-17)15-12(18)16-10-4-2-3-9(13)11(10)14/h2-4,8,17H,5-7H2,1H3,(H2,15,16,18)/t8-/m0/s1. The maximum absolute atomic E-state index is 13.6. The number of hydrogen-bond donors (Lipinski definition) is 3. The number of nitrogens with one attached hydrogen (secondary N) is 2. The van der Waals surface area contributed by atoms with Crippen molar-refractivity contribution in [2.45, 2.75) is 12.5 Å². The van der Waals surface area contributed by atoms with Crippen LogP contribution in [-0.2, 0) is 0 Å². The van der Waals surface area contributed by atoms with Gasteiger partial charge in [0.2, 0.25) is 0 Å². The van der Waals surface area contributed by atoms with E-state index < -0.39 is 11.8 Å². The van der Waals surface area contributed by atoms with Crippen molar-refractivity contribution < 1.29 is 14.3 Å². The molecule has 0 aliphatic carbocycles. The van der Waals surface area contributed by atoms with Crippen molar-refractivity contribution in [1.29, 1.82) is 0 Å². The minimum absolute atomic E-state index is 0.0168. The van der Waals surface area contributed by atoms with Crippen molar-refractivity contribution in [3.8, 4) is 0 Å². The molecule has 0 unspecified atom stereocenters. The number of benzene rings is 1. The zero-order valence-corrected chi connectivity index (χ0v) is 12.0. The predicted octanol–water partition coefficient (Wildman–Crippen LogP) is 2.71. The molecule has 106 valence electrons. The summed E-state index contributed by atoms with van der Waals surface area (Å²) in [5, 5.41) is 13.9. The summed E-state index contributed by atoms with van der Waals surface area (Å²) in [4.78, 5) is 11.7. The van der Waals surface area contributed by atoms with Gasteiger partial charge < -0.3 is 15.7 Å². The highest BCUT2D eigenvalue weighted by molar-refractivity contribution is 7.98. The maximum Gasteiger partial charge on any atom is 0.319 e. The average Bonchev–Trinajstić information content (AvgIpc) is 2.35. The van der Waals surface area contributed by atoms with Crippen LogP contribution >= 0.6 is 23.4 Å². The van der Waals surface area contributed by atoms with Crippen molar-refractivity contribution in [2.75, 3.05) is 23.9 Å². The number of rotatable bonds is 6. The van der Waals surface area contributed by atoms with E-state index in [9.17, 15) is 9.18 Å². The van der Waals surface area contributed by atoms with Gasteiger partial charge in [-0.3, -0.25) is 0 Å². The van der Waals surface area contributed by atoms with E-state index in [-0.39, 0.29) is 23.4 Å². The Labute approximate surface area is 120 Å². The number of aliphatic hydroxyl groups excluding tert-OH is 1. The molecule has 4 nitrogen and oxygen atoms in total. The van der Waals surface area contributed by atoms with Gasteiger partial charge in [0.15, 0.2) is 5.82 Å². The van der Waals surface area contributed by atoms with Crippen LogP contribution in [0.5, 0.6) is 0 Å². The molecule has 0 aliphatic heterocycles. The summed E-state index contributed by atoms with van der Waals surface area (Å²) < 4.78 is 13.6. The molecular formula is C12H16ClFN2O2S. The van der Waals surface area contributed by atoms with Gasteiger partial charge in [-0.25, -0.2) is 9.18 Å². The summed E-state index contributed by atoms with van der Waals surface area (Å²) in [6, 6.07) is 3.70. The monoisotopic (exact) mass is 306 g/mol. The van der Waals surface area contributed by atoms with Crippen LogP contribution in [0, 0.1) is 5.82 Å². The van der Waals surface area contributed by atoms with E-state index in [0.29, 0.717) is 12.2 Å². The number of halogens is 2. The molecule has 1 rings (SSSR count). The molecule has 0 aliphatic rings. The molecule has 1 aromatic carbocycles. The largest absolute Gasteiger partial charge is 0.396 e. The van der Waals surface area contributed by atoms with Crippen LogP contribution in [0.15, 0.2) is 18.2 Å². The number of aliphatic hydroxyl groups is 1. The molecule has 0 saturated carbocycles. The highest BCUT2D eigenvalue weighted by Gasteiger charge is 2.13. The lowest BCUT2D eigenvalue weighted by Crippen LogP contribution is -2.40. The smallest absolute Gasteiger partial charge is 0.319 e. The molecule has 0 fully saturated rings. The van der Waals surface area contributed by atoms with E-state index in [1.165, 1.54) is 12.1 Å². The zero-order chi connectivity index (χ0) is 14.3. The van der Waals surface area contributed by atoms with Crippen molar-refractivity contribution in [2.24, 2.45) is 0 Å². The minimum atomic E-state index is -0.664. The Bertz CT molecular complexity index is 428. The predicted molar refractivity (Wildman–Crippen MR) is 77.4 cm³/mol. The molecule has 0 bridgehead atoms. The molecule has 1 atom stereocenters. The molecule has 3 N–H and O–H groups in total. The number of carbonyl (C=O) groups excluding carboxylic acids is 1. The number of amides is 2. The van der Waals surface area contributed by atoms with Crippen molar-refractivity contribution in [1.82, 2.24) is 5.32 Å². The van der Waals surface area contributed by atoms with Crippen LogP contribution < -0.4 is 10.6 Å². The third kappa shape index (κ3) is 5.26. The number of thioether (sulfide) groups is 1. The van der Waals surface area contributed by atoms with Crippen LogP contribution in [0.1, 0.15) is 6.42 Å². The number of urea groups is 1. The lowest BCUT2D eigenvalue weighted by molar-refractivity contribution is 0.241. The SMILES string of the molecule is CSC[C@H](CCO)NC(=O)Nc1cccc(Cl)c1F. The Balaban J connectivity index is 2.61.